The molecule has 0 atom stereocenters. The Kier molecular flexibility index (Phi) is 8.42. The number of para-hydroxylation sites is 3. The van der Waals surface area contributed by atoms with E-state index in [-0.39, 0.29) is 34.7 Å². The van der Waals surface area contributed by atoms with Crippen molar-refractivity contribution in [1.29, 1.82) is 0 Å². The average Bonchev–Trinajstić information content (AvgIpc) is 2.93. The summed E-state index contributed by atoms with van der Waals surface area (Å²) in [6, 6.07) is 21.2. The van der Waals surface area contributed by atoms with Crippen LogP contribution in [0.15, 0.2) is 83.8 Å². The SMILES string of the molecule is COC1CCN(C(=O)CNC(=O)c2ccc(S(=O)(=O)Nc3ccccc3Oc3ccccc3)cc2)CC1. The van der Waals surface area contributed by atoms with Crippen molar-refractivity contribution in [3.63, 3.8) is 0 Å². The van der Waals surface area contributed by atoms with Crippen LogP contribution < -0.4 is 14.8 Å². The van der Waals surface area contributed by atoms with E-state index in [1.54, 1.807) is 48.4 Å². The molecule has 37 heavy (non-hydrogen) atoms. The summed E-state index contributed by atoms with van der Waals surface area (Å²) in [5.74, 6) is 0.299. The van der Waals surface area contributed by atoms with E-state index in [2.05, 4.69) is 10.0 Å². The molecule has 10 heteroatoms. The largest absolute Gasteiger partial charge is 0.455 e. The van der Waals surface area contributed by atoms with Gasteiger partial charge in [0.15, 0.2) is 5.75 Å². The molecule has 0 saturated carbocycles. The molecule has 0 aromatic heterocycles. The van der Waals surface area contributed by atoms with Crippen LogP contribution in [0.1, 0.15) is 23.2 Å². The minimum atomic E-state index is -3.95. The monoisotopic (exact) mass is 523 g/mol. The molecule has 9 nitrogen and oxygen atoms in total. The first-order valence-corrected chi connectivity index (χ1v) is 13.4. The summed E-state index contributed by atoms with van der Waals surface area (Å²) in [6.45, 7) is 1.05. The molecule has 1 saturated heterocycles. The second-order valence-electron chi connectivity index (χ2n) is 8.54. The number of hydrogen-bond acceptors (Lipinski definition) is 6. The van der Waals surface area contributed by atoms with Crippen LogP contribution in [0, 0.1) is 0 Å². The van der Waals surface area contributed by atoms with E-state index < -0.39 is 15.9 Å². The van der Waals surface area contributed by atoms with Gasteiger partial charge in [0.05, 0.1) is 23.2 Å². The maximum absolute atomic E-state index is 13.0. The number of likely N-dealkylation sites (tertiary alicyclic amines) is 1. The standard InChI is InChI=1S/C27H29N3O6S/c1-35-21-15-17-30(18-16-21)26(31)19-28-27(32)20-11-13-23(14-12-20)37(33,34)29-24-9-5-6-10-25(24)36-22-7-3-2-4-8-22/h2-14,21,29H,15-19H2,1H3,(H,28,32). The van der Waals surface area contributed by atoms with Crippen molar-refractivity contribution in [2.24, 2.45) is 0 Å². The lowest BCUT2D eigenvalue weighted by Crippen LogP contribution is -2.45. The molecule has 0 unspecified atom stereocenters. The van der Waals surface area contributed by atoms with Crippen LogP contribution in [0.2, 0.25) is 0 Å². The molecule has 0 bridgehead atoms. The first-order chi connectivity index (χ1) is 17.9. The summed E-state index contributed by atoms with van der Waals surface area (Å²) in [6.07, 6.45) is 1.69. The highest BCUT2D eigenvalue weighted by Gasteiger charge is 2.23. The van der Waals surface area contributed by atoms with Gasteiger partial charge in [-0.3, -0.25) is 14.3 Å². The second kappa shape index (κ2) is 11.9. The fourth-order valence-electron chi connectivity index (χ4n) is 3.96. The molecular weight excluding hydrogens is 494 g/mol. The first kappa shape index (κ1) is 26.2. The molecule has 3 aromatic carbocycles. The van der Waals surface area contributed by atoms with E-state index in [4.69, 9.17) is 9.47 Å². The fourth-order valence-corrected chi connectivity index (χ4v) is 5.03. The highest BCUT2D eigenvalue weighted by atomic mass is 32.2. The van der Waals surface area contributed by atoms with E-state index in [1.165, 1.54) is 24.3 Å². The summed E-state index contributed by atoms with van der Waals surface area (Å²) < 4.78 is 39.7. The Morgan fingerprint density at radius 2 is 1.57 bits per heavy atom. The predicted molar refractivity (Wildman–Crippen MR) is 139 cm³/mol. The van der Waals surface area contributed by atoms with Crippen LogP contribution in [0.25, 0.3) is 0 Å². The van der Waals surface area contributed by atoms with Crippen molar-refractivity contribution >= 4 is 27.5 Å². The molecule has 0 aliphatic carbocycles. The topological polar surface area (TPSA) is 114 Å². The number of hydrogen-bond donors (Lipinski definition) is 2. The summed E-state index contributed by atoms with van der Waals surface area (Å²) in [4.78, 5) is 26.6. The number of nitrogens with one attached hydrogen (secondary N) is 2. The number of piperidine rings is 1. The highest BCUT2D eigenvalue weighted by Crippen LogP contribution is 2.31. The van der Waals surface area contributed by atoms with E-state index in [0.717, 1.165) is 12.8 Å². The number of anilines is 1. The van der Waals surface area contributed by atoms with Crippen molar-refractivity contribution in [2.45, 2.75) is 23.8 Å². The molecule has 4 rings (SSSR count). The number of rotatable bonds is 9. The molecule has 1 fully saturated rings. The van der Waals surface area contributed by atoms with E-state index >= 15 is 0 Å². The minimum Gasteiger partial charge on any atom is -0.455 e. The first-order valence-electron chi connectivity index (χ1n) is 11.9. The quantitative estimate of drug-likeness (QED) is 0.443. The lowest BCUT2D eigenvalue weighted by atomic mass is 10.1. The maximum atomic E-state index is 13.0. The third-order valence-electron chi connectivity index (χ3n) is 6.06. The third-order valence-corrected chi connectivity index (χ3v) is 7.44. The summed E-state index contributed by atoms with van der Waals surface area (Å²) in [5.41, 5.74) is 0.527. The number of carbonyl (C=O) groups excluding carboxylic acids is 2. The normalized spacial score (nSPS) is 14.1. The smallest absolute Gasteiger partial charge is 0.262 e. The lowest BCUT2D eigenvalue weighted by Gasteiger charge is -2.31. The number of amides is 2. The molecule has 2 amide bonds. The van der Waals surface area contributed by atoms with Crippen LogP contribution in [-0.2, 0) is 19.6 Å². The fraction of sp³-hybridized carbons (Fsp3) is 0.259. The summed E-state index contributed by atoms with van der Waals surface area (Å²) in [5, 5.41) is 2.61. The Labute approximate surface area is 216 Å². The minimum absolute atomic E-state index is 0.0179. The van der Waals surface area contributed by atoms with Crippen molar-refractivity contribution in [3.05, 3.63) is 84.4 Å². The Hall–Kier alpha value is -3.89. The van der Waals surface area contributed by atoms with Gasteiger partial charge < -0.3 is 19.7 Å². The number of sulfonamides is 1. The molecular formula is C27H29N3O6S. The summed E-state index contributed by atoms with van der Waals surface area (Å²) in [7, 11) is -2.29. The number of carbonyl (C=O) groups is 2. The van der Waals surface area contributed by atoms with Crippen molar-refractivity contribution < 1.29 is 27.5 Å². The molecule has 1 aliphatic rings. The zero-order chi connectivity index (χ0) is 26.3. The van der Waals surface area contributed by atoms with E-state index in [9.17, 15) is 18.0 Å². The lowest BCUT2D eigenvalue weighted by molar-refractivity contribution is -0.132. The maximum Gasteiger partial charge on any atom is 0.262 e. The van der Waals surface area contributed by atoms with Crippen LogP contribution in [0.4, 0.5) is 5.69 Å². The van der Waals surface area contributed by atoms with Gasteiger partial charge in [-0.05, 0) is 61.4 Å². The number of ether oxygens (including phenoxy) is 2. The van der Waals surface area contributed by atoms with Crippen molar-refractivity contribution in [2.75, 3.05) is 31.5 Å². The zero-order valence-electron chi connectivity index (χ0n) is 20.4. The van der Waals surface area contributed by atoms with Crippen LogP contribution in [0.5, 0.6) is 11.5 Å². The van der Waals surface area contributed by atoms with Gasteiger partial charge >= 0.3 is 0 Å². The van der Waals surface area contributed by atoms with E-state index in [1.807, 2.05) is 18.2 Å². The summed E-state index contributed by atoms with van der Waals surface area (Å²) >= 11 is 0. The number of benzene rings is 3. The van der Waals surface area contributed by atoms with Gasteiger partial charge in [0, 0.05) is 25.8 Å². The molecule has 194 valence electrons. The third kappa shape index (κ3) is 6.87. The predicted octanol–water partition coefficient (Wildman–Crippen LogP) is 3.65. The van der Waals surface area contributed by atoms with Crippen LogP contribution in [-0.4, -0.2) is 58.0 Å². The Morgan fingerprint density at radius 1 is 0.919 bits per heavy atom. The number of nitrogens with zero attached hydrogens (tertiary/aromatic N) is 1. The molecule has 0 spiro atoms. The highest BCUT2D eigenvalue weighted by molar-refractivity contribution is 7.92. The van der Waals surface area contributed by atoms with E-state index in [0.29, 0.717) is 24.6 Å². The number of methoxy groups -OCH3 is 1. The average molecular weight is 524 g/mol. The van der Waals surface area contributed by atoms with Crippen LogP contribution in [0.3, 0.4) is 0 Å². The van der Waals surface area contributed by atoms with Crippen molar-refractivity contribution in [3.8, 4) is 11.5 Å². The molecule has 2 N–H and O–H groups in total. The molecule has 3 aromatic rings. The van der Waals surface area contributed by atoms with Gasteiger partial charge in [0.1, 0.15) is 5.75 Å². The molecule has 0 radical (unpaired) electrons. The van der Waals surface area contributed by atoms with Crippen molar-refractivity contribution in [1.82, 2.24) is 10.2 Å². The Balaban J connectivity index is 1.36. The van der Waals surface area contributed by atoms with Gasteiger partial charge in [-0.1, -0.05) is 30.3 Å². The second-order valence-corrected chi connectivity index (χ2v) is 10.2. The van der Waals surface area contributed by atoms with Gasteiger partial charge in [-0.15, -0.1) is 0 Å². The zero-order valence-corrected chi connectivity index (χ0v) is 21.2. The Morgan fingerprint density at radius 3 is 2.24 bits per heavy atom. The molecule has 1 heterocycles. The molecule has 1 aliphatic heterocycles. The van der Waals surface area contributed by atoms with Crippen LogP contribution >= 0.6 is 0 Å². The van der Waals surface area contributed by atoms with Gasteiger partial charge in [0.25, 0.3) is 15.9 Å². The van der Waals surface area contributed by atoms with Gasteiger partial charge in [-0.2, -0.15) is 0 Å². The van der Waals surface area contributed by atoms with Gasteiger partial charge in [0.2, 0.25) is 5.91 Å². The van der Waals surface area contributed by atoms with Gasteiger partial charge in [-0.25, -0.2) is 8.42 Å². The Bertz CT molecular complexity index is 1320.